The van der Waals surface area contributed by atoms with E-state index in [-0.39, 0.29) is 0 Å². The van der Waals surface area contributed by atoms with E-state index in [2.05, 4.69) is 25.7 Å². The normalized spacial score (nSPS) is 10.7. The van der Waals surface area contributed by atoms with E-state index in [1.807, 2.05) is 24.3 Å². The molecule has 0 aliphatic carbocycles. The lowest BCUT2D eigenvalue weighted by atomic mass is 9.93. The van der Waals surface area contributed by atoms with Gasteiger partial charge in [-0.1, -0.05) is 50.7 Å². The van der Waals surface area contributed by atoms with Crippen molar-refractivity contribution in [2.45, 2.75) is 45.1 Å². The number of para-hydroxylation sites is 1. The molecular formula is C16H22O2. The number of hydrogen-bond acceptors (Lipinski definition) is 2. The summed E-state index contributed by atoms with van der Waals surface area (Å²) in [6, 6.07) is 7.62. The van der Waals surface area contributed by atoms with Gasteiger partial charge in [-0.2, -0.15) is 0 Å². The topological polar surface area (TPSA) is 29.5 Å². The average molecular weight is 246 g/mol. The second-order valence-electron chi connectivity index (χ2n) is 4.48. The average Bonchev–Trinajstić information content (AvgIpc) is 2.37. The van der Waals surface area contributed by atoms with Crippen LogP contribution in [0.1, 0.15) is 45.1 Å². The van der Waals surface area contributed by atoms with Crippen LogP contribution in [0.5, 0.6) is 5.75 Å². The molecule has 1 aromatic rings. The Morgan fingerprint density at radius 2 is 1.78 bits per heavy atom. The molecule has 1 rings (SSSR count). The van der Waals surface area contributed by atoms with Gasteiger partial charge < -0.3 is 9.84 Å². The number of methoxy groups -OCH3 is 1. The fraction of sp³-hybridized carbons (Fsp3) is 0.500. The van der Waals surface area contributed by atoms with E-state index in [1.165, 1.54) is 0 Å². The van der Waals surface area contributed by atoms with E-state index >= 15 is 0 Å². The van der Waals surface area contributed by atoms with Crippen LogP contribution in [0.2, 0.25) is 0 Å². The van der Waals surface area contributed by atoms with Gasteiger partial charge in [0.1, 0.15) is 11.4 Å². The standard InChI is InChI=1S/C16H22O2/c1-4-11-16(17,12-5-2)13-10-14-8-6-7-9-15(14)18-3/h6-9,17H,4-5,11-12H2,1-3H3. The number of hydrogen-bond donors (Lipinski definition) is 1. The summed E-state index contributed by atoms with van der Waals surface area (Å²) in [4.78, 5) is 0. The molecule has 0 radical (unpaired) electrons. The van der Waals surface area contributed by atoms with Gasteiger partial charge in [-0.3, -0.25) is 0 Å². The fourth-order valence-corrected chi connectivity index (χ4v) is 2.01. The maximum atomic E-state index is 10.4. The Kier molecular flexibility index (Phi) is 5.74. The van der Waals surface area contributed by atoms with Crippen LogP contribution in [0.15, 0.2) is 24.3 Å². The summed E-state index contributed by atoms with van der Waals surface area (Å²) in [6.45, 7) is 4.12. The molecule has 2 heteroatoms. The summed E-state index contributed by atoms with van der Waals surface area (Å²) in [5, 5.41) is 10.4. The maximum Gasteiger partial charge on any atom is 0.134 e. The SMILES string of the molecule is CCCC(O)(C#Cc1ccccc1OC)CCC. The van der Waals surface area contributed by atoms with Gasteiger partial charge in [-0.15, -0.1) is 0 Å². The first-order chi connectivity index (χ1) is 8.65. The first-order valence-electron chi connectivity index (χ1n) is 6.53. The minimum Gasteiger partial charge on any atom is -0.495 e. The van der Waals surface area contributed by atoms with Crippen molar-refractivity contribution in [1.29, 1.82) is 0 Å². The smallest absolute Gasteiger partial charge is 0.134 e. The van der Waals surface area contributed by atoms with Crippen molar-refractivity contribution in [3.63, 3.8) is 0 Å². The Morgan fingerprint density at radius 1 is 1.17 bits per heavy atom. The van der Waals surface area contributed by atoms with Crippen molar-refractivity contribution in [3.05, 3.63) is 29.8 Å². The van der Waals surface area contributed by atoms with Gasteiger partial charge in [-0.05, 0) is 25.0 Å². The Bertz CT molecular complexity index is 420. The zero-order valence-electron chi connectivity index (χ0n) is 11.5. The summed E-state index contributed by atoms with van der Waals surface area (Å²) in [6.07, 6.45) is 3.28. The molecule has 0 saturated carbocycles. The van der Waals surface area contributed by atoms with Crippen LogP contribution in [-0.4, -0.2) is 17.8 Å². The molecule has 98 valence electrons. The fourth-order valence-electron chi connectivity index (χ4n) is 2.01. The Labute approximate surface area is 110 Å². The second-order valence-corrected chi connectivity index (χ2v) is 4.48. The van der Waals surface area contributed by atoms with Crippen molar-refractivity contribution < 1.29 is 9.84 Å². The van der Waals surface area contributed by atoms with Crippen LogP contribution in [0.25, 0.3) is 0 Å². The van der Waals surface area contributed by atoms with Crippen molar-refractivity contribution >= 4 is 0 Å². The third-order valence-electron chi connectivity index (χ3n) is 2.86. The molecule has 0 aromatic heterocycles. The first kappa shape index (κ1) is 14.6. The molecule has 0 amide bonds. The largest absolute Gasteiger partial charge is 0.495 e. The first-order valence-corrected chi connectivity index (χ1v) is 6.53. The molecule has 0 fully saturated rings. The molecule has 0 aliphatic rings. The number of ether oxygens (including phenoxy) is 1. The monoisotopic (exact) mass is 246 g/mol. The van der Waals surface area contributed by atoms with Crippen molar-refractivity contribution in [2.24, 2.45) is 0 Å². The Balaban J connectivity index is 2.96. The predicted molar refractivity (Wildman–Crippen MR) is 74.6 cm³/mol. The van der Waals surface area contributed by atoms with Crippen molar-refractivity contribution in [2.75, 3.05) is 7.11 Å². The molecule has 0 heterocycles. The highest BCUT2D eigenvalue weighted by molar-refractivity contribution is 5.46. The predicted octanol–water partition coefficient (Wildman–Crippen LogP) is 3.38. The van der Waals surface area contributed by atoms with Gasteiger partial charge >= 0.3 is 0 Å². The summed E-state index contributed by atoms with van der Waals surface area (Å²) in [5.41, 5.74) is -0.0460. The molecule has 18 heavy (non-hydrogen) atoms. The van der Waals surface area contributed by atoms with Crippen LogP contribution in [0, 0.1) is 11.8 Å². The Morgan fingerprint density at radius 3 is 2.33 bits per heavy atom. The third-order valence-corrected chi connectivity index (χ3v) is 2.86. The number of benzene rings is 1. The van der Waals surface area contributed by atoms with E-state index < -0.39 is 5.60 Å². The van der Waals surface area contributed by atoms with Gasteiger partial charge in [0.2, 0.25) is 0 Å². The maximum absolute atomic E-state index is 10.4. The zero-order chi connectivity index (χ0) is 13.4. The molecular weight excluding hydrogens is 224 g/mol. The second kappa shape index (κ2) is 7.08. The van der Waals surface area contributed by atoms with Gasteiger partial charge in [0, 0.05) is 0 Å². The molecule has 0 saturated heterocycles. The molecule has 2 nitrogen and oxygen atoms in total. The van der Waals surface area contributed by atoms with Gasteiger partial charge in [0.25, 0.3) is 0 Å². The van der Waals surface area contributed by atoms with Crippen LogP contribution < -0.4 is 4.74 Å². The van der Waals surface area contributed by atoms with E-state index in [1.54, 1.807) is 7.11 Å². The highest BCUT2D eigenvalue weighted by atomic mass is 16.5. The summed E-state index contributed by atoms with van der Waals surface area (Å²) >= 11 is 0. The molecule has 1 aromatic carbocycles. The Hall–Kier alpha value is -1.46. The van der Waals surface area contributed by atoms with E-state index in [0.717, 1.165) is 24.2 Å². The zero-order valence-corrected chi connectivity index (χ0v) is 11.5. The minimum atomic E-state index is -0.871. The molecule has 1 N–H and O–H groups in total. The van der Waals surface area contributed by atoms with Gasteiger partial charge in [0.15, 0.2) is 0 Å². The van der Waals surface area contributed by atoms with Gasteiger partial charge in [-0.25, -0.2) is 0 Å². The molecule has 0 aliphatic heterocycles. The molecule has 0 bridgehead atoms. The highest BCUT2D eigenvalue weighted by Gasteiger charge is 2.21. The van der Waals surface area contributed by atoms with E-state index in [4.69, 9.17) is 4.74 Å². The molecule has 0 unspecified atom stereocenters. The quantitative estimate of drug-likeness (QED) is 0.807. The van der Waals surface area contributed by atoms with E-state index in [9.17, 15) is 5.11 Å². The lowest BCUT2D eigenvalue weighted by Gasteiger charge is -2.20. The summed E-state index contributed by atoms with van der Waals surface area (Å²) in [5.74, 6) is 6.81. The summed E-state index contributed by atoms with van der Waals surface area (Å²) in [7, 11) is 1.63. The van der Waals surface area contributed by atoms with E-state index in [0.29, 0.717) is 12.8 Å². The minimum absolute atomic E-state index is 0.711. The lowest BCUT2D eigenvalue weighted by Crippen LogP contribution is -2.25. The number of aliphatic hydroxyl groups is 1. The van der Waals surface area contributed by atoms with Crippen LogP contribution in [0.4, 0.5) is 0 Å². The molecule has 0 atom stereocenters. The van der Waals surface area contributed by atoms with Crippen LogP contribution in [0.3, 0.4) is 0 Å². The third kappa shape index (κ3) is 4.09. The highest BCUT2D eigenvalue weighted by Crippen LogP contribution is 2.20. The number of rotatable bonds is 5. The van der Waals surface area contributed by atoms with Crippen molar-refractivity contribution in [1.82, 2.24) is 0 Å². The van der Waals surface area contributed by atoms with Crippen LogP contribution >= 0.6 is 0 Å². The van der Waals surface area contributed by atoms with Crippen LogP contribution in [-0.2, 0) is 0 Å². The lowest BCUT2D eigenvalue weighted by molar-refractivity contribution is 0.0807. The van der Waals surface area contributed by atoms with Crippen molar-refractivity contribution in [3.8, 4) is 17.6 Å². The summed E-state index contributed by atoms with van der Waals surface area (Å²) < 4.78 is 5.25. The van der Waals surface area contributed by atoms with Gasteiger partial charge in [0.05, 0.1) is 12.7 Å². The molecule has 0 spiro atoms.